The van der Waals surface area contributed by atoms with Crippen LogP contribution in [0.15, 0.2) is 0 Å². The van der Waals surface area contributed by atoms with E-state index in [0.717, 1.165) is 6.42 Å². The Hall–Kier alpha value is -0.650. The maximum Gasteiger partial charge on any atom is 0.227 e. The van der Waals surface area contributed by atoms with Gasteiger partial charge in [-0.2, -0.15) is 0 Å². The molecule has 0 aliphatic carbocycles. The molecule has 4 N–H and O–H groups in total. The Morgan fingerprint density at radius 1 is 1.44 bits per heavy atom. The van der Waals surface area contributed by atoms with Gasteiger partial charge in [0.15, 0.2) is 0 Å². The summed E-state index contributed by atoms with van der Waals surface area (Å²) >= 11 is 0. The molecule has 0 aromatic heterocycles. The highest BCUT2D eigenvalue weighted by Gasteiger charge is 2.39. The lowest BCUT2D eigenvalue weighted by atomic mass is 9.79. The van der Waals surface area contributed by atoms with Crippen LogP contribution in [0.5, 0.6) is 0 Å². The van der Waals surface area contributed by atoms with E-state index >= 15 is 0 Å². The molecule has 1 aliphatic rings. The molecule has 1 unspecified atom stereocenters. The van der Waals surface area contributed by atoms with E-state index in [1.54, 1.807) is 0 Å². The van der Waals surface area contributed by atoms with Crippen LogP contribution in [0, 0.1) is 11.3 Å². The molecule has 1 amide bonds. The topological polar surface area (TPSA) is 84.6 Å². The molecule has 1 aliphatic heterocycles. The summed E-state index contributed by atoms with van der Waals surface area (Å²) in [5, 5.41) is 12.2. The summed E-state index contributed by atoms with van der Waals surface area (Å²) in [5.41, 5.74) is 5.27. The molecule has 1 rings (SSSR count). The van der Waals surface area contributed by atoms with E-state index in [9.17, 15) is 9.90 Å². The first kappa shape index (κ1) is 15.4. The Morgan fingerprint density at radius 2 is 2.06 bits per heavy atom. The molecule has 18 heavy (non-hydrogen) atoms. The predicted octanol–water partition coefficient (Wildman–Crippen LogP) is 0.265. The number of carbonyl (C=O) groups excluding carboxylic acids is 1. The van der Waals surface area contributed by atoms with Crippen LogP contribution in [0.4, 0.5) is 0 Å². The Labute approximate surface area is 109 Å². The average molecular weight is 258 g/mol. The van der Waals surface area contributed by atoms with Crippen molar-refractivity contribution >= 4 is 5.91 Å². The second-order valence-corrected chi connectivity index (χ2v) is 5.58. The van der Waals surface area contributed by atoms with Crippen LogP contribution in [-0.4, -0.2) is 43.4 Å². The smallest absolute Gasteiger partial charge is 0.227 e. The van der Waals surface area contributed by atoms with Crippen LogP contribution < -0.4 is 11.1 Å². The van der Waals surface area contributed by atoms with Gasteiger partial charge in [-0.05, 0) is 25.2 Å². The lowest BCUT2D eigenvalue weighted by Crippen LogP contribution is -2.52. The van der Waals surface area contributed by atoms with E-state index < -0.39 is 5.41 Å². The number of amides is 1. The number of aliphatic hydroxyl groups excluding tert-OH is 1. The SMILES string of the molecule is CC(C)CC(CO)NC(=O)C1(CN)CCOCC1. The monoisotopic (exact) mass is 258 g/mol. The second-order valence-electron chi connectivity index (χ2n) is 5.58. The molecule has 1 atom stereocenters. The van der Waals surface area contributed by atoms with Gasteiger partial charge in [0.1, 0.15) is 0 Å². The van der Waals surface area contributed by atoms with Gasteiger partial charge in [-0.3, -0.25) is 4.79 Å². The maximum absolute atomic E-state index is 12.3. The van der Waals surface area contributed by atoms with Crippen LogP contribution in [0.2, 0.25) is 0 Å². The van der Waals surface area contributed by atoms with Crippen LogP contribution in [0.1, 0.15) is 33.1 Å². The lowest BCUT2D eigenvalue weighted by molar-refractivity contribution is -0.137. The van der Waals surface area contributed by atoms with Crippen molar-refractivity contribution in [3.8, 4) is 0 Å². The minimum absolute atomic E-state index is 0.0267. The Kier molecular flexibility index (Phi) is 6.05. The number of nitrogens with one attached hydrogen (secondary N) is 1. The van der Waals surface area contributed by atoms with E-state index in [-0.39, 0.29) is 18.6 Å². The molecular formula is C13H26N2O3. The minimum Gasteiger partial charge on any atom is -0.394 e. The number of rotatable bonds is 6. The summed E-state index contributed by atoms with van der Waals surface area (Å²) in [7, 11) is 0. The standard InChI is InChI=1S/C13H26N2O3/c1-10(2)7-11(8-16)15-12(17)13(9-14)3-5-18-6-4-13/h10-11,16H,3-9,14H2,1-2H3,(H,15,17). The molecule has 0 aromatic rings. The predicted molar refractivity (Wildman–Crippen MR) is 70.0 cm³/mol. The van der Waals surface area contributed by atoms with E-state index in [1.807, 2.05) is 0 Å². The number of carbonyl (C=O) groups is 1. The van der Waals surface area contributed by atoms with Crippen molar-refractivity contribution in [1.29, 1.82) is 0 Å². The highest BCUT2D eigenvalue weighted by atomic mass is 16.5. The van der Waals surface area contributed by atoms with Crippen LogP contribution in [0.3, 0.4) is 0 Å². The van der Waals surface area contributed by atoms with Gasteiger partial charge in [0.05, 0.1) is 18.1 Å². The average Bonchev–Trinajstić information content (AvgIpc) is 2.38. The number of aliphatic hydroxyl groups is 1. The van der Waals surface area contributed by atoms with E-state index in [1.165, 1.54) is 0 Å². The number of hydrogen-bond acceptors (Lipinski definition) is 4. The summed E-state index contributed by atoms with van der Waals surface area (Å²) in [5.74, 6) is 0.402. The van der Waals surface area contributed by atoms with Gasteiger partial charge in [-0.1, -0.05) is 13.8 Å². The molecule has 1 heterocycles. The van der Waals surface area contributed by atoms with E-state index in [0.29, 0.717) is 38.5 Å². The van der Waals surface area contributed by atoms with Gasteiger partial charge in [-0.15, -0.1) is 0 Å². The number of hydrogen-bond donors (Lipinski definition) is 3. The fraction of sp³-hybridized carbons (Fsp3) is 0.923. The summed E-state index contributed by atoms with van der Waals surface area (Å²) in [4.78, 5) is 12.3. The molecule has 1 saturated heterocycles. The fourth-order valence-electron chi connectivity index (χ4n) is 2.37. The van der Waals surface area contributed by atoms with Gasteiger partial charge in [0.25, 0.3) is 0 Å². The normalized spacial score (nSPS) is 20.7. The molecule has 5 heteroatoms. The van der Waals surface area contributed by atoms with Crippen molar-refractivity contribution in [3.63, 3.8) is 0 Å². The third-order valence-corrected chi connectivity index (χ3v) is 3.63. The molecule has 1 fully saturated rings. The molecule has 106 valence electrons. The molecule has 5 nitrogen and oxygen atoms in total. The van der Waals surface area contributed by atoms with Crippen molar-refractivity contribution in [1.82, 2.24) is 5.32 Å². The van der Waals surface area contributed by atoms with Crippen molar-refractivity contribution in [2.24, 2.45) is 17.1 Å². The van der Waals surface area contributed by atoms with Gasteiger partial charge >= 0.3 is 0 Å². The molecule has 0 aromatic carbocycles. The third kappa shape index (κ3) is 3.93. The molecule has 0 saturated carbocycles. The second kappa shape index (κ2) is 7.07. The first-order chi connectivity index (χ1) is 8.54. The molecule has 0 spiro atoms. The molecule has 0 radical (unpaired) electrons. The fourth-order valence-corrected chi connectivity index (χ4v) is 2.37. The highest BCUT2D eigenvalue weighted by Crippen LogP contribution is 2.29. The van der Waals surface area contributed by atoms with Crippen LogP contribution in [-0.2, 0) is 9.53 Å². The summed E-state index contributed by atoms with van der Waals surface area (Å²) in [6.07, 6.45) is 2.10. The van der Waals surface area contributed by atoms with Gasteiger partial charge in [-0.25, -0.2) is 0 Å². The van der Waals surface area contributed by atoms with Crippen molar-refractivity contribution in [3.05, 3.63) is 0 Å². The Balaban J connectivity index is 2.60. The Morgan fingerprint density at radius 3 is 2.50 bits per heavy atom. The number of nitrogens with two attached hydrogens (primary N) is 1. The first-order valence-electron chi connectivity index (χ1n) is 6.73. The summed E-state index contributed by atoms with van der Waals surface area (Å²) in [6, 6.07) is -0.177. The van der Waals surface area contributed by atoms with Crippen LogP contribution >= 0.6 is 0 Å². The van der Waals surface area contributed by atoms with Crippen molar-refractivity contribution in [2.45, 2.75) is 39.2 Å². The minimum atomic E-state index is -0.511. The van der Waals surface area contributed by atoms with Gasteiger partial charge < -0.3 is 20.9 Å². The first-order valence-corrected chi connectivity index (χ1v) is 6.73. The zero-order chi connectivity index (χ0) is 13.6. The lowest BCUT2D eigenvalue weighted by Gasteiger charge is -2.36. The van der Waals surface area contributed by atoms with Crippen molar-refractivity contribution in [2.75, 3.05) is 26.4 Å². The van der Waals surface area contributed by atoms with E-state index in [2.05, 4.69) is 19.2 Å². The van der Waals surface area contributed by atoms with Gasteiger partial charge in [0.2, 0.25) is 5.91 Å². The Bertz CT molecular complexity index is 263. The highest BCUT2D eigenvalue weighted by molar-refractivity contribution is 5.83. The molecule has 0 bridgehead atoms. The quantitative estimate of drug-likeness (QED) is 0.638. The summed E-state index contributed by atoms with van der Waals surface area (Å²) in [6.45, 7) is 5.62. The van der Waals surface area contributed by atoms with E-state index in [4.69, 9.17) is 10.5 Å². The summed E-state index contributed by atoms with van der Waals surface area (Å²) < 4.78 is 5.29. The number of ether oxygens (including phenoxy) is 1. The van der Waals surface area contributed by atoms with Gasteiger partial charge in [0, 0.05) is 19.8 Å². The maximum atomic E-state index is 12.3. The largest absolute Gasteiger partial charge is 0.394 e. The zero-order valence-corrected chi connectivity index (χ0v) is 11.4. The zero-order valence-electron chi connectivity index (χ0n) is 11.4. The van der Waals surface area contributed by atoms with Crippen molar-refractivity contribution < 1.29 is 14.6 Å². The third-order valence-electron chi connectivity index (χ3n) is 3.63. The van der Waals surface area contributed by atoms with Crippen LogP contribution in [0.25, 0.3) is 0 Å². The molecular weight excluding hydrogens is 232 g/mol.